The summed E-state index contributed by atoms with van der Waals surface area (Å²) in [6.07, 6.45) is -0.609. The summed E-state index contributed by atoms with van der Waals surface area (Å²) in [7, 11) is 0. The van der Waals surface area contributed by atoms with Crippen LogP contribution in [-0.4, -0.2) is 21.2 Å². The number of rotatable bonds is 2. The molecule has 86 valence electrons. The Hall–Kier alpha value is -1.39. The predicted molar refractivity (Wildman–Crippen MR) is 64.2 cm³/mol. The molecule has 16 heavy (non-hydrogen) atoms. The van der Waals surface area contributed by atoms with Gasteiger partial charge in [0.25, 0.3) is 0 Å². The van der Waals surface area contributed by atoms with Crippen molar-refractivity contribution in [1.29, 1.82) is 0 Å². The smallest absolute Gasteiger partial charge is 0.126 e. The minimum absolute atomic E-state index is 0.466. The molecule has 2 unspecified atom stereocenters. The van der Waals surface area contributed by atoms with E-state index in [1.165, 1.54) is 5.56 Å². The number of benzene rings is 1. The van der Waals surface area contributed by atoms with Gasteiger partial charge in [0.15, 0.2) is 0 Å². The molecular weight excluding hydrogens is 202 g/mol. The summed E-state index contributed by atoms with van der Waals surface area (Å²) in [5.74, 6) is 0.638. The van der Waals surface area contributed by atoms with E-state index in [9.17, 15) is 5.11 Å². The second-order valence-corrected chi connectivity index (χ2v) is 4.37. The third-order valence-electron chi connectivity index (χ3n) is 2.78. The molecule has 0 aliphatic heterocycles. The maximum Gasteiger partial charge on any atom is 0.126 e. The lowest BCUT2D eigenvalue weighted by Crippen LogP contribution is -2.24. The number of imidazole rings is 1. The largest absolute Gasteiger partial charge is 0.391 e. The van der Waals surface area contributed by atoms with E-state index < -0.39 is 12.1 Å². The summed E-state index contributed by atoms with van der Waals surface area (Å²) in [5, 5.41) is 9.44. The van der Waals surface area contributed by atoms with Gasteiger partial charge in [-0.1, -0.05) is 6.07 Å². The number of hydrogen-bond acceptors (Lipinski definition) is 3. The number of aryl methyl sites for hydroxylation is 2. The highest BCUT2D eigenvalue weighted by Gasteiger charge is 2.16. The van der Waals surface area contributed by atoms with Crippen molar-refractivity contribution in [1.82, 2.24) is 9.97 Å². The average molecular weight is 219 g/mol. The van der Waals surface area contributed by atoms with Crippen molar-refractivity contribution in [2.45, 2.75) is 32.9 Å². The molecule has 0 amide bonds. The monoisotopic (exact) mass is 219 g/mol. The fourth-order valence-electron chi connectivity index (χ4n) is 1.88. The Bertz CT molecular complexity index is 516. The maximum atomic E-state index is 9.44. The minimum atomic E-state index is -0.609. The number of aromatic nitrogens is 2. The number of aliphatic hydroxyl groups excluding tert-OH is 1. The third-order valence-corrected chi connectivity index (χ3v) is 2.78. The molecular formula is C12H17N3O. The van der Waals surface area contributed by atoms with Crippen LogP contribution in [0.1, 0.15) is 29.9 Å². The standard InChI is InChI=1S/C12H17N3O/c1-6-4-7(2)11-9(5-6)14-12(15-11)10(13)8(3)16/h4-5,8,10,16H,13H2,1-3H3,(H,14,15). The van der Waals surface area contributed by atoms with E-state index in [0.29, 0.717) is 5.82 Å². The van der Waals surface area contributed by atoms with Crippen LogP contribution in [0.5, 0.6) is 0 Å². The van der Waals surface area contributed by atoms with Gasteiger partial charge in [-0.25, -0.2) is 4.98 Å². The van der Waals surface area contributed by atoms with E-state index in [2.05, 4.69) is 16.0 Å². The molecule has 1 heterocycles. The zero-order chi connectivity index (χ0) is 11.9. The molecule has 2 atom stereocenters. The number of aromatic amines is 1. The Kier molecular flexibility index (Phi) is 2.69. The zero-order valence-corrected chi connectivity index (χ0v) is 9.78. The number of nitrogens with one attached hydrogen (secondary N) is 1. The number of nitrogens with two attached hydrogens (primary N) is 1. The second-order valence-electron chi connectivity index (χ2n) is 4.37. The van der Waals surface area contributed by atoms with Gasteiger partial charge in [-0.15, -0.1) is 0 Å². The molecule has 1 aromatic carbocycles. The van der Waals surface area contributed by atoms with Gasteiger partial charge in [0.1, 0.15) is 5.82 Å². The van der Waals surface area contributed by atoms with Crippen LogP contribution in [0.2, 0.25) is 0 Å². The molecule has 4 N–H and O–H groups in total. The SMILES string of the molecule is Cc1cc(C)c2nc(C(N)C(C)O)[nH]c2c1. The number of fused-ring (bicyclic) bond motifs is 1. The lowest BCUT2D eigenvalue weighted by Gasteiger charge is -2.10. The van der Waals surface area contributed by atoms with Gasteiger partial charge in [-0.05, 0) is 38.0 Å². The highest BCUT2D eigenvalue weighted by Crippen LogP contribution is 2.21. The second kappa shape index (κ2) is 3.88. The molecule has 2 rings (SSSR count). The first-order chi connectivity index (χ1) is 7.49. The van der Waals surface area contributed by atoms with Gasteiger partial charge in [0.05, 0.1) is 23.2 Å². The molecule has 0 fully saturated rings. The van der Waals surface area contributed by atoms with E-state index in [4.69, 9.17) is 5.73 Å². The summed E-state index contributed by atoms with van der Waals surface area (Å²) in [6.45, 7) is 5.73. The Labute approximate surface area is 94.5 Å². The topological polar surface area (TPSA) is 74.9 Å². The Balaban J connectivity index is 2.56. The summed E-state index contributed by atoms with van der Waals surface area (Å²) in [4.78, 5) is 7.60. The molecule has 0 aliphatic carbocycles. The predicted octanol–water partition coefficient (Wildman–Crippen LogP) is 1.56. The van der Waals surface area contributed by atoms with Gasteiger partial charge < -0.3 is 15.8 Å². The lowest BCUT2D eigenvalue weighted by molar-refractivity contribution is 0.161. The van der Waals surface area contributed by atoms with Gasteiger partial charge >= 0.3 is 0 Å². The van der Waals surface area contributed by atoms with Gasteiger partial charge in [0.2, 0.25) is 0 Å². The molecule has 1 aromatic heterocycles. The normalized spacial score (nSPS) is 15.3. The first-order valence-corrected chi connectivity index (χ1v) is 5.39. The summed E-state index contributed by atoms with van der Waals surface area (Å²) in [5.41, 5.74) is 10.1. The number of hydrogen-bond donors (Lipinski definition) is 3. The van der Waals surface area contributed by atoms with Gasteiger partial charge in [0, 0.05) is 0 Å². The minimum Gasteiger partial charge on any atom is -0.391 e. The van der Waals surface area contributed by atoms with Gasteiger partial charge in [-0.2, -0.15) is 0 Å². The highest BCUT2D eigenvalue weighted by molar-refractivity contribution is 5.79. The molecule has 4 heteroatoms. The molecule has 0 radical (unpaired) electrons. The lowest BCUT2D eigenvalue weighted by atomic mass is 10.1. The molecule has 0 saturated heterocycles. The van der Waals surface area contributed by atoms with Crippen LogP contribution in [-0.2, 0) is 0 Å². The first-order valence-electron chi connectivity index (χ1n) is 5.39. The summed E-state index contributed by atoms with van der Waals surface area (Å²) >= 11 is 0. The van der Waals surface area contributed by atoms with Crippen molar-refractivity contribution in [3.63, 3.8) is 0 Å². The van der Waals surface area contributed by atoms with Crippen LogP contribution in [0.3, 0.4) is 0 Å². The van der Waals surface area contributed by atoms with Crippen LogP contribution < -0.4 is 5.73 Å². The van der Waals surface area contributed by atoms with Crippen LogP contribution in [0.25, 0.3) is 11.0 Å². The summed E-state index contributed by atoms with van der Waals surface area (Å²) in [6, 6.07) is 3.65. The van der Waals surface area contributed by atoms with E-state index in [1.54, 1.807) is 6.92 Å². The van der Waals surface area contributed by atoms with Crippen molar-refractivity contribution in [2.24, 2.45) is 5.73 Å². The van der Waals surface area contributed by atoms with Crippen molar-refractivity contribution in [3.8, 4) is 0 Å². The molecule has 0 saturated carbocycles. The molecule has 0 aliphatic rings. The van der Waals surface area contributed by atoms with Crippen molar-refractivity contribution in [3.05, 3.63) is 29.1 Å². The third kappa shape index (κ3) is 1.81. The average Bonchev–Trinajstić information content (AvgIpc) is 2.60. The van der Waals surface area contributed by atoms with Crippen molar-refractivity contribution < 1.29 is 5.11 Å². The number of aliphatic hydroxyl groups is 1. The van der Waals surface area contributed by atoms with Gasteiger partial charge in [-0.3, -0.25) is 0 Å². The van der Waals surface area contributed by atoms with Crippen molar-refractivity contribution in [2.75, 3.05) is 0 Å². The fourth-order valence-corrected chi connectivity index (χ4v) is 1.88. The van der Waals surface area contributed by atoms with Crippen LogP contribution in [0, 0.1) is 13.8 Å². The van der Waals surface area contributed by atoms with E-state index in [-0.39, 0.29) is 0 Å². The first kappa shape index (κ1) is 11.1. The Morgan fingerprint density at radius 3 is 2.69 bits per heavy atom. The van der Waals surface area contributed by atoms with Crippen molar-refractivity contribution >= 4 is 11.0 Å². The van der Waals surface area contributed by atoms with Crippen LogP contribution >= 0.6 is 0 Å². The number of H-pyrrole nitrogens is 1. The number of nitrogens with zero attached hydrogens (tertiary/aromatic N) is 1. The molecule has 0 spiro atoms. The highest BCUT2D eigenvalue weighted by atomic mass is 16.3. The van der Waals surface area contributed by atoms with E-state index in [0.717, 1.165) is 16.6 Å². The van der Waals surface area contributed by atoms with E-state index >= 15 is 0 Å². The van der Waals surface area contributed by atoms with E-state index in [1.807, 2.05) is 19.9 Å². The maximum absolute atomic E-state index is 9.44. The zero-order valence-electron chi connectivity index (χ0n) is 9.78. The van der Waals surface area contributed by atoms with Crippen LogP contribution in [0.4, 0.5) is 0 Å². The quantitative estimate of drug-likeness (QED) is 0.717. The molecule has 2 aromatic rings. The fraction of sp³-hybridized carbons (Fsp3) is 0.417. The summed E-state index contributed by atoms with van der Waals surface area (Å²) < 4.78 is 0. The van der Waals surface area contributed by atoms with Crippen LogP contribution in [0.15, 0.2) is 12.1 Å². The molecule has 0 bridgehead atoms. The Morgan fingerprint density at radius 2 is 2.06 bits per heavy atom. The molecule has 4 nitrogen and oxygen atoms in total. The Morgan fingerprint density at radius 1 is 1.38 bits per heavy atom.